The molecule has 37 heavy (non-hydrogen) atoms. The second-order valence-electron chi connectivity index (χ2n) is 9.27. The Morgan fingerprint density at radius 3 is 2.19 bits per heavy atom. The second kappa shape index (κ2) is 11.6. The zero-order valence-electron chi connectivity index (χ0n) is 20.8. The third-order valence-electron chi connectivity index (χ3n) is 6.55. The Balaban J connectivity index is 1.36. The molecule has 0 atom stereocenters. The number of hydrazone groups is 1. The number of nitrogens with one attached hydrogen (secondary N) is 1. The zero-order valence-corrected chi connectivity index (χ0v) is 21.6. The largest absolute Gasteiger partial charge is 0.378 e. The van der Waals surface area contributed by atoms with Crippen LogP contribution < -0.4 is 19.4 Å². The lowest BCUT2D eigenvalue weighted by Gasteiger charge is -2.31. The molecule has 0 radical (unpaired) electrons. The summed E-state index contributed by atoms with van der Waals surface area (Å²) in [6, 6.07) is 16.9. The van der Waals surface area contributed by atoms with Gasteiger partial charge in [0.15, 0.2) is 11.6 Å². The predicted octanol–water partition coefficient (Wildman–Crippen LogP) is 4.67. The molecule has 3 heterocycles. The third-order valence-corrected chi connectivity index (χ3v) is 7.80. The van der Waals surface area contributed by atoms with Gasteiger partial charge in [-0.15, -0.1) is 0 Å². The van der Waals surface area contributed by atoms with Crippen LogP contribution in [0.3, 0.4) is 0 Å². The first-order valence-electron chi connectivity index (χ1n) is 12.9. The van der Waals surface area contributed by atoms with Crippen LogP contribution >= 0.6 is 0 Å². The summed E-state index contributed by atoms with van der Waals surface area (Å²) < 4.78 is 30.9. The van der Waals surface area contributed by atoms with Gasteiger partial charge in [0.05, 0.1) is 6.21 Å². The predicted molar refractivity (Wildman–Crippen MR) is 146 cm³/mol. The Bertz CT molecular complexity index is 1280. The second-order valence-corrected chi connectivity index (χ2v) is 10.8. The standard InChI is InChI=1S/C27H32N6O3S/c34-37(35,23-13-4-1-5-14-23)36-24-15-7-6-12-22(24)21-28-31-25-20-26(32-16-8-2-9-17-32)30-27(29-25)33-18-10-3-11-19-33/h1,4-7,12-15,20-21H,2-3,8-11,16-19H2,(H,29,30,31). The minimum Gasteiger partial charge on any atom is -0.378 e. The maximum atomic E-state index is 12.7. The Kier molecular flexibility index (Phi) is 7.84. The Hall–Kier alpha value is -3.66. The number of benzene rings is 2. The van der Waals surface area contributed by atoms with E-state index in [1.54, 1.807) is 48.7 Å². The quantitative estimate of drug-likeness (QED) is 0.260. The van der Waals surface area contributed by atoms with E-state index >= 15 is 0 Å². The third kappa shape index (κ3) is 6.37. The van der Waals surface area contributed by atoms with E-state index < -0.39 is 10.1 Å². The molecule has 3 aromatic rings. The van der Waals surface area contributed by atoms with Crippen LogP contribution in [0.15, 0.2) is 70.7 Å². The summed E-state index contributed by atoms with van der Waals surface area (Å²) in [6.45, 7) is 3.87. The zero-order chi connectivity index (χ0) is 25.5. The molecule has 0 unspecified atom stereocenters. The number of nitrogens with zero attached hydrogens (tertiary/aromatic N) is 5. The number of rotatable bonds is 8. The van der Waals surface area contributed by atoms with Crippen molar-refractivity contribution in [3.63, 3.8) is 0 Å². The van der Waals surface area contributed by atoms with Gasteiger partial charge in [0.2, 0.25) is 5.95 Å². The number of hydrogen-bond acceptors (Lipinski definition) is 9. The van der Waals surface area contributed by atoms with Gasteiger partial charge >= 0.3 is 10.1 Å². The number of para-hydroxylation sites is 1. The molecule has 0 aliphatic carbocycles. The molecule has 10 heteroatoms. The Labute approximate surface area is 218 Å². The van der Waals surface area contributed by atoms with Crippen molar-refractivity contribution >= 4 is 33.9 Å². The lowest BCUT2D eigenvalue weighted by atomic mass is 10.1. The van der Waals surface area contributed by atoms with E-state index in [1.807, 2.05) is 6.07 Å². The number of piperidine rings is 2. The summed E-state index contributed by atoms with van der Waals surface area (Å²) in [5, 5.41) is 4.37. The van der Waals surface area contributed by atoms with Crippen LogP contribution in [0.1, 0.15) is 44.1 Å². The summed E-state index contributed by atoms with van der Waals surface area (Å²) in [5.74, 6) is 2.43. The fourth-order valence-corrected chi connectivity index (χ4v) is 5.56. The van der Waals surface area contributed by atoms with Crippen molar-refractivity contribution in [1.82, 2.24) is 9.97 Å². The van der Waals surface area contributed by atoms with Crippen molar-refractivity contribution < 1.29 is 12.6 Å². The van der Waals surface area contributed by atoms with Crippen LogP contribution in [0.5, 0.6) is 5.75 Å². The normalized spacial score (nSPS) is 16.6. The fraction of sp³-hybridized carbons (Fsp3) is 0.370. The molecule has 0 spiro atoms. The van der Waals surface area contributed by atoms with Crippen molar-refractivity contribution in [3.05, 3.63) is 66.2 Å². The maximum Gasteiger partial charge on any atom is 0.339 e. The maximum absolute atomic E-state index is 12.7. The SMILES string of the molecule is O=S(=O)(Oc1ccccc1C=NNc1cc(N2CCCCC2)nc(N2CCCCC2)n1)c1ccccc1. The average molecular weight is 521 g/mol. The van der Waals surface area contributed by atoms with Gasteiger partial charge in [-0.1, -0.05) is 30.3 Å². The van der Waals surface area contributed by atoms with E-state index in [1.165, 1.54) is 25.0 Å². The van der Waals surface area contributed by atoms with Crippen LogP contribution in [-0.2, 0) is 10.1 Å². The minimum absolute atomic E-state index is 0.0938. The van der Waals surface area contributed by atoms with Gasteiger partial charge in [0.1, 0.15) is 10.7 Å². The molecule has 2 saturated heterocycles. The van der Waals surface area contributed by atoms with E-state index in [2.05, 4.69) is 20.3 Å². The first-order chi connectivity index (χ1) is 18.1. The molecule has 0 amide bonds. The lowest BCUT2D eigenvalue weighted by Crippen LogP contribution is -2.33. The van der Waals surface area contributed by atoms with Crippen LogP contribution in [0.2, 0.25) is 0 Å². The molecule has 1 N–H and O–H groups in total. The molecule has 2 aliphatic heterocycles. The van der Waals surface area contributed by atoms with E-state index in [0.29, 0.717) is 11.4 Å². The molecule has 2 fully saturated rings. The highest BCUT2D eigenvalue weighted by atomic mass is 32.2. The highest BCUT2D eigenvalue weighted by Gasteiger charge is 2.20. The van der Waals surface area contributed by atoms with Crippen molar-refractivity contribution in [2.24, 2.45) is 5.10 Å². The molecule has 9 nitrogen and oxygen atoms in total. The molecule has 5 rings (SSSR count). The van der Waals surface area contributed by atoms with Gasteiger partial charge < -0.3 is 14.0 Å². The lowest BCUT2D eigenvalue weighted by molar-refractivity contribution is 0.485. The van der Waals surface area contributed by atoms with Gasteiger partial charge in [0, 0.05) is 37.8 Å². The highest BCUT2D eigenvalue weighted by molar-refractivity contribution is 7.87. The number of hydrogen-bond donors (Lipinski definition) is 1. The monoisotopic (exact) mass is 520 g/mol. The molecular weight excluding hydrogens is 488 g/mol. The van der Waals surface area contributed by atoms with Crippen LogP contribution in [0.25, 0.3) is 0 Å². The molecule has 194 valence electrons. The Morgan fingerprint density at radius 1 is 0.811 bits per heavy atom. The smallest absolute Gasteiger partial charge is 0.339 e. The van der Waals surface area contributed by atoms with Gasteiger partial charge in [-0.3, -0.25) is 5.43 Å². The molecule has 2 aromatic carbocycles. The van der Waals surface area contributed by atoms with Gasteiger partial charge in [-0.2, -0.15) is 23.5 Å². The topological polar surface area (TPSA) is 100 Å². The minimum atomic E-state index is -3.96. The van der Waals surface area contributed by atoms with E-state index in [0.717, 1.165) is 63.6 Å². The van der Waals surface area contributed by atoms with Crippen LogP contribution in [-0.4, -0.2) is 50.8 Å². The van der Waals surface area contributed by atoms with Gasteiger partial charge in [-0.05, 0) is 62.8 Å². The number of anilines is 3. The first kappa shape index (κ1) is 25.0. The number of aromatic nitrogens is 2. The summed E-state index contributed by atoms with van der Waals surface area (Å²) >= 11 is 0. The van der Waals surface area contributed by atoms with E-state index in [-0.39, 0.29) is 10.6 Å². The summed E-state index contributed by atoms with van der Waals surface area (Å²) in [5.41, 5.74) is 3.56. The molecule has 1 aromatic heterocycles. The van der Waals surface area contributed by atoms with Crippen LogP contribution in [0, 0.1) is 0 Å². The van der Waals surface area contributed by atoms with E-state index in [9.17, 15) is 8.42 Å². The highest BCUT2D eigenvalue weighted by Crippen LogP contribution is 2.26. The van der Waals surface area contributed by atoms with Crippen molar-refractivity contribution in [1.29, 1.82) is 0 Å². The van der Waals surface area contributed by atoms with Crippen molar-refractivity contribution in [2.45, 2.75) is 43.4 Å². The molecule has 2 aliphatic rings. The fourth-order valence-electron chi connectivity index (χ4n) is 4.58. The summed E-state index contributed by atoms with van der Waals surface area (Å²) in [6.07, 6.45) is 8.62. The first-order valence-corrected chi connectivity index (χ1v) is 14.3. The van der Waals surface area contributed by atoms with Gasteiger partial charge in [-0.25, -0.2) is 0 Å². The molecule has 0 bridgehead atoms. The summed E-state index contributed by atoms with van der Waals surface area (Å²) in [4.78, 5) is 14.3. The average Bonchev–Trinajstić information content (AvgIpc) is 2.95. The molecule has 0 saturated carbocycles. The van der Waals surface area contributed by atoms with Crippen molar-refractivity contribution in [2.75, 3.05) is 41.4 Å². The van der Waals surface area contributed by atoms with Crippen molar-refractivity contribution in [3.8, 4) is 5.75 Å². The van der Waals surface area contributed by atoms with Crippen LogP contribution in [0.4, 0.5) is 17.6 Å². The van der Waals surface area contributed by atoms with E-state index in [4.69, 9.17) is 14.2 Å². The Morgan fingerprint density at radius 2 is 1.46 bits per heavy atom. The molecular formula is C27H32N6O3S. The van der Waals surface area contributed by atoms with Gasteiger partial charge in [0.25, 0.3) is 0 Å². The summed E-state index contributed by atoms with van der Waals surface area (Å²) in [7, 11) is -3.96.